The summed E-state index contributed by atoms with van der Waals surface area (Å²) >= 11 is 0. The fourth-order valence-corrected chi connectivity index (χ4v) is 8.42. The molecule has 10 heteroatoms. The van der Waals surface area contributed by atoms with Crippen LogP contribution in [0.1, 0.15) is 0 Å². The van der Waals surface area contributed by atoms with Crippen molar-refractivity contribution >= 4 is 93.3 Å². The molecule has 0 saturated heterocycles. The molecule has 10 nitrogen and oxygen atoms in total. The normalized spacial score (nSPS) is 11.9. The van der Waals surface area contributed by atoms with E-state index in [-0.39, 0.29) is 0 Å². The first-order valence-corrected chi connectivity index (χ1v) is 18.1. The van der Waals surface area contributed by atoms with Crippen molar-refractivity contribution in [3.63, 3.8) is 0 Å². The van der Waals surface area contributed by atoms with Crippen LogP contribution in [-0.2, 0) is 0 Å². The van der Waals surface area contributed by atoms with Crippen LogP contribution in [0.3, 0.4) is 0 Å². The summed E-state index contributed by atoms with van der Waals surface area (Å²) in [5.74, 6) is 0. The van der Waals surface area contributed by atoms with Crippen molar-refractivity contribution in [2.24, 2.45) is 0 Å². The Balaban J connectivity index is 1.10. The fraction of sp³-hybridized carbons (Fsp3) is 0. The van der Waals surface area contributed by atoms with Crippen LogP contribution in [0.5, 0.6) is 0 Å². The number of hydrogen-bond donors (Lipinski definition) is 0. The van der Waals surface area contributed by atoms with Gasteiger partial charge >= 0.3 is 0 Å². The maximum Gasteiger partial charge on any atom is 0.159 e. The van der Waals surface area contributed by atoms with Crippen LogP contribution in [-0.4, -0.2) is 30.9 Å². The molecule has 0 aliphatic rings. The minimum atomic E-state index is 0.544. The van der Waals surface area contributed by atoms with Crippen molar-refractivity contribution in [3.8, 4) is 22.3 Å². The van der Waals surface area contributed by atoms with Crippen molar-refractivity contribution in [3.05, 3.63) is 152 Å². The predicted octanol–water partition coefficient (Wildman–Crippen LogP) is 11.7. The summed E-state index contributed by atoms with van der Waals surface area (Å²) in [6, 6.07) is 52.0. The molecule has 0 spiro atoms. The average Bonchev–Trinajstić information content (AvgIpc) is 4.06. The van der Waals surface area contributed by atoms with Crippen LogP contribution >= 0.6 is 0 Å². The quantitative estimate of drug-likeness (QED) is 0.159. The van der Waals surface area contributed by atoms with Crippen LogP contribution in [0.4, 0.5) is 17.1 Å². The zero-order valence-corrected chi connectivity index (χ0v) is 29.3. The molecule has 0 saturated carbocycles. The second kappa shape index (κ2) is 11.8. The zero-order valence-electron chi connectivity index (χ0n) is 29.3. The van der Waals surface area contributed by atoms with Crippen molar-refractivity contribution in [1.29, 1.82) is 0 Å². The number of fused-ring (bicyclic) bond motifs is 9. The van der Waals surface area contributed by atoms with Gasteiger partial charge in [0.2, 0.25) is 0 Å². The Hall–Kier alpha value is -7.98. The van der Waals surface area contributed by atoms with Crippen LogP contribution in [0.25, 0.3) is 98.4 Å². The van der Waals surface area contributed by atoms with Crippen molar-refractivity contribution < 1.29 is 13.9 Å². The number of anilines is 3. The summed E-state index contributed by atoms with van der Waals surface area (Å²) in [7, 11) is 0. The lowest BCUT2D eigenvalue weighted by atomic mass is 9.92. The molecule has 262 valence electrons. The molecule has 9 aromatic carbocycles. The summed E-state index contributed by atoms with van der Waals surface area (Å²) in [4.78, 5) is 2.02. The van der Waals surface area contributed by atoms with Gasteiger partial charge in [-0.1, -0.05) is 109 Å². The number of rotatable bonds is 5. The number of nitrogens with zero attached hydrogens (tertiary/aromatic N) is 7. The van der Waals surface area contributed by atoms with Gasteiger partial charge in [-0.05, 0) is 128 Å². The van der Waals surface area contributed by atoms with Gasteiger partial charge in [0, 0.05) is 11.1 Å². The maximum atomic E-state index is 5.56. The van der Waals surface area contributed by atoms with Gasteiger partial charge in [-0.3, -0.25) is 0 Å². The number of aromatic nitrogens is 6. The van der Waals surface area contributed by atoms with Crippen LogP contribution in [0.15, 0.2) is 166 Å². The minimum Gasteiger partial charge on any atom is -0.303 e. The molecule has 0 aliphatic heterocycles. The topological polar surface area (TPSA) is 120 Å². The van der Waals surface area contributed by atoms with E-state index in [0.717, 1.165) is 49.2 Å². The van der Waals surface area contributed by atoms with Gasteiger partial charge in [-0.25, -0.2) is 13.9 Å². The Bertz CT molecular complexity index is 3530. The molecule has 0 fully saturated rings. The molecule has 0 N–H and O–H groups in total. The van der Waals surface area contributed by atoms with E-state index in [4.69, 9.17) is 13.9 Å². The molecule has 0 amide bonds. The SMILES string of the molecule is c1ccc2c(c1)ccc1c(-c3ccc(N(c4cccc5nonc45)c4ccc(-c5cc6ccccc6c6ccccc56)c5nonc45)c4nonc34)cccc12. The van der Waals surface area contributed by atoms with E-state index in [2.05, 4.69) is 152 Å². The van der Waals surface area contributed by atoms with Crippen molar-refractivity contribution in [1.82, 2.24) is 30.9 Å². The number of hydrogen-bond acceptors (Lipinski definition) is 10. The predicted molar refractivity (Wildman–Crippen MR) is 218 cm³/mol. The third-order valence-corrected chi connectivity index (χ3v) is 10.9. The Morgan fingerprint density at radius 3 is 1.57 bits per heavy atom. The van der Waals surface area contributed by atoms with Gasteiger partial charge in [0.05, 0.1) is 17.1 Å². The van der Waals surface area contributed by atoms with Gasteiger partial charge < -0.3 is 4.90 Å². The summed E-state index contributed by atoms with van der Waals surface area (Å²) in [6.07, 6.45) is 0. The summed E-state index contributed by atoms with van der Waals surface area (Å²) < 4.78 is 16.4. The van der Waals surface area contributed by atoms with Crippen molar-refractivity contribution in [2.45, 2.75) is 0 Å². The molecule has 12 aromatic rings. The fourth-order valence-electron chi connectivity index (χ4n) is 8.42. The molecule has 0 bridgehead atoms. The van der Waals surface area contributed by atoms with E-state index in [9.17, 15) is 0 Å². The van der Waals surface area contributed by atoms with E-state index < -0.39 is 0 Å². The van der Waals surface area contributed by atoms with Crippen LogP contribution in [0.2, 0.25) is 0 Å². The first-order valence-electron chi connectivity index (χ1n) is 18.1. The first kappa shape index (κ1) is 30.5. The Labute approximate surface area is 316 Å². The second-order valence-electron chi connectivity index (χ2n) is 13.8. The molecule has 56 heavy (non-hydrogen) atoms. The third kappa shape index (κ3) is 4.37. The molecular weight excluding hydrogens is 699 g/mol. The highest BCUT2D eigenvalue weighted by molar-refractivity contribution is 6.18. The van der Waals surface area contributed by atoms with E-state index in [1.807, 2.05) is 35.2 Å². The van der Waals surface area contributed by atoms with Crippen LogP contribution in [0, 0.1) is 0 Å². The van der Waals surface area contributed by atoms with E-state index in [1.54, 1.807) is 0 Å². The second-order valence-corrected chi connectivity index (χ2v) is 13.8. The maximum absolute atomic E-state index is 5.56. The van der Waals surface area contributed by atoms with Gasteiger partial charge in [-0.15, -0.1) is 0 Å². The highest BCUT2D eigenvalue weighted by Crippen LogP contribution is 2.47. The molecular formula is C46H25N7O3. The summed E-state index contributed by atoms with van der Waals surface area (Å²) in [6.45, 7) is 0. The Morgan fingerprint density at radius 2 is 0.821 bits per heavy atom. The van der Waals surface area contributed by atoms with E-state index in [1.165, 1.54) is 16.2 Å². The van der Waals surface area contributed by atoms with Gasteiger partial charge in [-0.2, -0.15) is 0 Å². The number of benzene rings is 9. The largest absolute Gasteiger partial charge is 0.303 e. The monoisotopic (exact) mass is 723 g/mol. The lowest BCUT2D eigenvalue weighted by molar-refractivity contribution is 0.315. The lowest BCUT2D eigenvalue weighted by Crippen LogP contribution is -2.12. The minimum absolute atomic E-state index is 0.544. The molecule has 3 aromatic heterocycles. The smallest absolute Gasteiger partial charge is 0.159 e. The highest BCUT2D eigenvalue weighted by atomic mass is 16.6. The van der Waals surface area contributed by atoms with Gasteiger partial charge in [0.1, 0.15) is 16.6 Å². The zero-order chi connectivity index (χ0) is 36.7. The average molecular weight is 724 g/mol. The molecule has 3 heterocycles. The van der Waals surface area contributed by atoms with Crippen molar-refractivity contribution in [2.75, 3.05) is 4.90 Å². The third-order valence-electron chi connectivity index (χ3n) is 10.9. The standard InChI is InChI=1S/C46H25N7O3/c1-3-11-28-26(9-1)19-20-34-31(28)15-7-16-32(34)35-21-23-40(45-42(35)48-55-51-45)53(39-18-8-17-38-44(39)50-54-47-38)41-24-22-36(43-46(41)52-56-49-43)37-25-27-10-2-4-12-29(27)30-13-5-6-14-33(30)37/h1-25H. The molecule has 0 atom stereocenters. The Morgan fingerprint density at radius 1 is 0.304 bits per heavy atom. The lowest BCUT2D eigenvalue weighted by Gasteiger charge is -2.26. The van der Waals surface area contributed by atoms with Gasteiger partial charge in [0.15, 0.2) is 16.6 Å². The molecule has 0 radical (unpaired) electrons. The summed E-state index contributed by atoms with van der Waals surface area (Å²) in [5.41, 5.74) is 9.31. The van der Waals surface area contributed by atoms with Crippen LogP contribution < -0.4 is 4.90 Å². The first-order chi connectivity index (χ1) is 27.8. The molecule has 12 rings (SSSR count). The highest BCUT2D eigenvalue weighted by Gasteiger charge is 2.28. The van der Waals surface area contributed by atoms with E-state index >= 15 is 0 Å². The summed E-state index contributed by atoms with van der Waals surface area (Å²) in [5, 5.41) is 35.8. The van der Waals surface area contributed by atoms with Gasteiger partial charge in [0.25, 0.3) is 0 Å². The van der Waals surface area contributed by atoms with E-state index in [0.29, 0.717) is 50.2 Å². The molecule has 0 unspecified atom stereocenters. The molecule has 0 aliphatic carbocycles. The Kier molecular flexibility index (Phi) is 6.40.